The summed E-state index contributed by atoms with van der Waals surface area (Å²) in [5, 5.41) is 27.0. The number of fused-ring (bicyclic) bond motifs is 2. The van der Waals surface area contributed by atoms with Crippen molar-refractivity contribution in [2.24, 2.45) is 5.16 Å². The SMILES string of the molecule is O=C(O)NC12CCC(Nc3ncnc(Cl)c3/C=N/O)(CC1)C2. The predicted molar refractivity (Wildman–Crippen MR) is 79.8 cm³/mol. The summed E-state index contributed by atoms with van der Waals surface area (Å²) >= 11 is 6.01. The Balaban J connectivity index is 1.84. The largest absolute Gasteiger partial charge is 0.465 e. The second-order valence-corrected chi connectivity index (χ2v) is 6.32. The Hall–Kier alpha value is -2.09. The molecule has 2 bridgehead atoms. The molecule has 118 valence electrons. The highest BCUT2D eigenvalue weighted by atomic mass is 35.5. The van der Waals surface area contributed by atoms with Gasteiger partial charge in [-0.3, -0.25) is 0 Å². The molecular weight excluding hydrogens is 310 g/mol. The number of hydrogen-bond acceptors (Lipinski definition) is 6. The van der Waals surface area contributed by atoms with Crippen LogP contribution in [0.2, 0.25) is 5.15 Å². The number of carboxylic acid groups (broad SMARTS) is 1. The highest BCUT2D eigenvalue weighted by molar-refractivity contribution is 6.32. The van der Waals surface area contributed by atoms with E-state index in [1.165, 1.54) is 12.5 Å². The van der Waals surface area contributed by atoms with Gasteiger partial charge >= 0.3 is 6.09 Å². The number of anilines is 1. The van der Waals surface area contributed by atoms with E-state index in [0.717, 1.165) is 25.7 Å². The van der Waals surface area contributed by atoms with E-state index in [9.17, 15) is 4.79 Å². The third-order valence-corrected chi connectivity index (χ3v) is 4.92. The van der Waals surface area contributed by atoms with Crippen molar-refractivity contribution in [1.82, 2.24) is 15.3 Å². The summed E-state index contributed by atoms with van der Waals surface area (Å²) in [5.41, 5.74) is -0.171. The van der Waals surface area contributed by atoms with Gasteiger partial charge in [0.1, 0.15) is 17.3 Å². The number of oxime groups is 1. The lowest BCUT2D eigenvalue weighted by molar-refractivity contribution is 0.177. The molecule has 2 fully saturated rings. The molecule has 4 N–H and O–H groups in total. The molecule has 8 nitrogen and oxygen atoms in total. The van der Waals surface area contributed by atoms with E-state index in [-0.39, 0.29) is 16.2 Å². The van der Waals surface area contributed by atoms with Crippen LogP contribution in [0, 0.1) is 0 Å². The number of amides is 1. The van der Waals surface area contributed by atoms with Gasteiger partial charge < -0.3 is 20.9 Å². The highest BCUT2D eigenvalue weighted by Crippen LogP contribution is 2.52. The fourth-order valence-corrected chi connectivity index (χ4v) is 3.85. The minimum absolute atomic E-state index is 0.192. The minimum atomic E-state index is -0.990. The third kappa shape index (κ3) is 2.54. The molecular formula is C13H16ClN5O3. The maximum Gasteiger partial charge on any atom is 0.405 e. The Labute approximate surface area is 131 Å². The quantitative estimate of drug-likeness (QED) is 0.291. The minimum Gasteiger partial charge on any atom is -0.465 e. The molecule has 22 heavy (non-hydrogen) atoms. The molecule has 2 aliphatic carbocycles. The second-order valence-electron chi connectivity index (χ2n) is 5.96. The van der Waals surface area contributed by atoms with Gasteiger partial charge in [0.2, 0.25) is 0 Å². The lowest BCUT2D eigenvalue weighted by Gasteiger charge is -2.29. The standard InChI is InChI=1S/C13H16ClN5O3/c14-9-8(5-17-22)10(16-7-15-9)18-12-1-3-13(6-12,4-2-12)19-11(20)21/h5,7,19,22H,1-4,6H2,(H,20,21)(H,15,16,18)/b17-5+. The van der Waals surface area contributed by atoms with Crippen LogP contribution in [0.4, 0.5) is 10.6 Å². The molecule has 0 spiro atoms. The number of aromatic nitrogens is 2. The van der Waals surface area contributed by atoms with Crippen molar-refractivity contribution in [2.45, 2.75) is 43.2 Å². The van der Waals surface area contributed by atoms with E-state index in [0.29, 0.717) is 17.8 Å². The van der Waals surface area contributed by atoms with Crippen molar-refractivity contribution >= 4 is 29.7 Å². The Morgan fingerprint density at radius 1 is 1.32 bits per heavy atom. The maximum absolute atomic E-state index is 11.0. The molecule has 0 aromatic carbocycles. The molecule has 2 aliphatic rings. The van der Waals surface area contributed by atoms with Crippen LogP contribution in [0.1, 0.15) is 37.7 Å². The number of nitrogens with one attached hydrogen (secondary N) is 2. The number of rotatable bonds is 4. The fraction of sp³-hybridized carbons (Fsp3) is 0.538. The van der Waals surface area contributed by atoms with Crippen LogP contribution in [0.5, 0.6) is 0 Å². The molecule has 1 aromatic rings. The van der Waals surface area contributed by atoms with Gasteiger partial charge in [0.25, 0.3) is 0 Å². The zero-order valence-corrected chi connectivity index (χ0v) is 12.5. The predicted octanol–water partition coefficient (Wildman–Crippen LogP) is 2.07. The van der Waals surface area contributed by atoms with Crippen molar-refractivity contribution in [2.75, 3.05) is 5.32 Å². The smallest absolute Gasteiger partial charge is 0.405 e. The van der Waals surface area contributed by atoms with Gasteiger partial charge in [-0.1, -0.05) is 16.8 Å². The Morgan fingerprint density at radius 2 is 2.00 bits per heavy atom. The first-order valence-corrected chi connectivity index (χ1v) is 7.33. The van der Waals surface area contributed by atoms with Gasteiger partial charge in [-0.2, -0.15) is 0 Å². The molecule has 0 radical (unpaired) electrons. The monoisotopic (exact) mass is 325 g/mol. The number of hydrogen-bond donors (Lipinski definition) is 4. The molecule has 1 heterocycles. The van der Waals surface area contributed by atoms with Crippen LogP contribution in [-0.4, -0.2) is 43.7 Å². The molecule has 0 aliphatic heterocycles. The number of halogens is 1. The first kappa shape index (κ1) is 14.8. The van der Waals surface area contributed by atoms with E-state index >= 15 is 0 Å². The normalized spacial score (nSPS) is 29.9. The Bertz CT molecular complexity index is 628. The first-order valence-electron chi connectivity index (χ1n) is 6.95. The van der Waals surface area contributed by atoms with E-state index in [1.807, 2.05) is 0 Å². The van der Waals surface area contributed by atoms with Gasteiger partial charge in [-0.05, 0) is 32.1 Å². The lowest BCUT2D eigenvalue weighted by atomic mass is 9.91. The van der Waals surface area contributed by atoms with Crippen LogP contribution >= 0.6 is 11.6 Å². The Morgan fingerprint density at radius 3 is 2.64 bits per heavy atom. The van der Waals surface area contributed by atoms with Crippen LogP contribution in [0.3, 0.4) is 0 Å². The van der Waals surface area contributed by atoms with E-state index in [2.05, 4.69) is 25.8 Å². The summed E-state index contributed by atoms with van der Waals surface area (Å²) in [7, 11) is 0. The molecule has 9 heteroatoms. The third-order valence-electron chi connectivity index (χ3n) is 4.62. The van der Waals surface area contributed by atoms with Crippen molar-refractivity contribution in [3.05, 3.63) is 17.0 Å². The van der Waals surface area contributed by atoms with Gasteiger partial charge in [-0.25, -0.2) is 14.8 Å². The average molecular weight is 326 g/mol. The molecule has 3 rings (SSSR count). The summed E-state index contributed by atoms with van der Waals surface area (Å²) in [4.78, 5) is 19.0. The van der Waals surface area contributed by atoms with Gasteiger partial charge in [0, 0.05) is 11.1 Å². The highest BCUT2D eigenvalue weighted by Gasteiger charge is 2.55. The first-order chi connectivity index (χ1) is 10.5. The maximum atomic E-state index is 11.0. The Kier molecular flexibility index (Phi) is 3.56. The molecule has 0 atom stereocenters. The van der Waals surface area contributed by atoms with Crippen molar-refractivity contribution < 1.29 is 15.1 Å². The van der Waals surface area contributed by atoms with Crippen molar-refractivity contribution in [3.8, 4) is 0 Å². The molecule has 1 amide bonds. The van der Waals surface area contributed by atoms with Crippen molar-refractivity contribution in [1.29, 1.82) is 0 Å². The average Bonchev–Trinajstić information content (AvgIpc) is 2.97. The van der Waals surface area contributed by atoms with E-state index < -0.39 is 6.09 Å². The molecule has 1 aromatic heterocycles. The zero-order valence-electron chi connectivity index (χ0n) is 11.7. The summed E-state index contributed by atoms with van der Waals surface area (Å²) in [6.07, 6.45) is 5.48. The summed E-state index contributed by atoms with van der Waals surface area (Å²) < 4.78 is 0. The summed E-state index contributed by atoms with van der Waals surface area (Å²) in [6.45, 7) is 0. The summed E-state index contributed by atoms with van der Waals surface area (Å²) in [6, 6.07) is 0. The zero-order chi connectivity index (χ0) is 15.8. The van der Waals surface area contributed by atoms with Crippen LogP contribution in [0.15, 0.2) is 11.5 Å². The summed E-state index contributed by atoms with van der Waals surface area (Å²) in [5.74, 6) is 0.492. The molecule has 0 unspecified atom stereocenters. The number of carbonyl (C=O) groups is 1. The van der Waals surface area contributed by atoms with Crippen LogP contribution < -0.4 is 10.6 Å². The van der Waals surface area contributed by atoms with Gasteiger partial charge in [0.15, 0.2) is 0 Å². The van der Waals surface area contributed by atoms with Crippen molar-refractivity contribution in [3.63, 3.8) is 0 Å². The molecule has 2 saturated carbocycles. The lowest BCUT2D eigenvalue weighted by Crippen LogP contribution is -2.44. The van der Waals surface area contributed by atoms with Crippen LogP contribution in [0.25, 0.3) is 0 Å². The van der Waals surface area contributed by atoms with Gasteiger partial charge in [0.05, 0.1) is 11.8 Å². The topological polar surface area (TPSA) is 120 Å². The fourth-order valence-electron chi connectivity index (χ4n) is 3.67. The van der Waals surface area contributed by atoms with E-state index in [1.54, 1.807) is 0 Å². The molecule has 0 saturated heterocycles. The number of nitrogens with zero attached hydrogens (tertiary/aromatic N) is 3. The van der Waals surface area contributed by atoms with E-state index in [4.69, 9.17) is 21.9 Å². The van der Waals surface area contributed by atoms with Crippen LogP contribution in [-0.2, 0) is 0 Å². The second kappa shape index (κ2) is 5.28. The van der Waals surface area contributed by atoms with Gasteiger partial charge in [-0.15, -0.1) is 0 Å².